The van der Waals surface area contributed by atoms with Gasteiger partial charge in [-0.25, -0.2) is 14.4 Å². The van der Waals surface area contributed by atoms with Crippen molar-refractivity contribution in [3.8, 4) is 22.9 Å². The predicted molar refractivity (Wildman–Crippen MR) is 168 cm³/mol. The van der Waals surface area contributed by atoms with Gasteiger partial charge in [-0.1, -0.05) is 28.9 Å². The van der Waals surface area contributed by atoms with Gasteiger partial charge in [0.25, 0.3) is 5.79 Å². The first-order valence-electron chi connectivity index (χ1n) is 16.1. The van der Waals surface area contributed by atoms with Crippen LogP contribution in [0.4, 0.5) is 17.6 Å². The number of benzene rings is 2. The standard InChI is InChI=1S/C34H31ClF4N6O4/c1-33(24-6-5-22(35)14-25(24)36)47-27-4-2-3-23(29(27)48-33)20-7-10-44(11-8-20)17-28-41-26-13-21(30-42-32(49-43-30)34(37,38)39)15-40-31(26)45(28)16-19-9-12-46-18-19/h2-6,13-15,19-20H,7-12,16-18H2,1H3/t19-,33?/m1/s1. The highest BCUT2D eigenvalue weighted by Crippen LogP contribution is 2.50. The van der Waals surface area contributed by atoms with Crippen molar-refractivity contribution in [3.05, 3.63) is 82.3 Å². The molecular weight excluding hydrogens is 668 g/mol. The van der Waals surface area contributed by atoms with Crippen LogP contribution in [0.2, 0.25) is 5.02 Å². The number of fused-ring (bicyclic) bond motifs is 2. The summed E-state index contributed by atoms with van der Waals surface area (Å²) in [5.41, 5.74) is 2.75. The van der Waals surface area contributed by atoms with E-state index in [0.717, 1.165) is 43.7 Å². The minimum Gasteiger partial charge on any atom is -0.444 e. The Morgan fingerprint density at radius 1 is 1.04 bits per heavy atom. The second kappa shape index (κ2) is 12.3. The van der Waals surface area contributed by atoms with Crippen LogP contribution >= 0.6 is 11.6 Å². The van der Waals surface area contributed by atoms with E-state index in [2.05, 4.69) is 29.1 Å². The Morgan fingerprint density at radius 2 is 1.88 bits per heavy atom. The molecule has 3 aliphatic heterocycles. The zero-order chi connectivity index (χ0) is 33.9. The smallest absolute Gasteiger partial charge is 0.444 e. The Hall–Kier alpha value is -4.27. The van der Waals surface area contributed by atoms with Gasteiger partial charge in [-0.2, -0.15) is 18.2 Å². The van der Waals surface area contributed by atoms with Gasteiger partial charge in [-0.05, 0) is 68.6 Å². The lowest BCUT2D eigenvalue weighted by molar-refractivity contribution is -0.159. The van der Waals surface area contributed by atoms with Crippen LogP contribution in [0.5, 0.6) is 11.5 Å². The maximum absolute atomic E-state index is 14.9. The monoisotopic (exact) mass is 698 g/mol. The van der Waals surface area contributed by atoms with Crippen LogP contribution in [-0.4, -0.2) is 55.9 Å². The van der Waals surface area contributed by atoms with Gasteiger partial charge in [0.05, 0.1) is 18.7 Å². The summed E-state index contributed by atoms with van der Waals surface area (Å²) >= 11 is 5.98. The quantitative estimate of drug-likeness (QED) is 0.162. The molecule has 1 unspecified atom stereocenters. The number of piperidine rings is 1. The second-order valence-electron chi connectivity index (χ2n) is 12.9. The Balaban J connectivity index is 1.01. The largest absolute Gasteiger partial charge is 0.471 e. The van der Waals surface area contributed by atoms with Gasteiger partial charge in [0.2, 0.25) is 5.82 Å². The molecule has 5 aromatic rings. The molecule has 0 bridgehead atoms. The Kier molecular flexibility index (Phi) is 7.99. The Labute approximate surface area is 282 Å². The highest BCUT2D eigenvalue weighted by Gasteiger charge is 2.43. The summed E-state index contributed by atoms with van der Waals surface area (Å²) in [6.07, 6.45) is -0.674. The van der Waals surface area contributed by atoms with E-state index in [4.69, 9.17) is 30.8 Å². The molecule has 2 fully saturated rings. The van der Waals surface area contributed by atoms with Crippen LogP contribution in [-0.2, 0) is 29.8 Å². The maximum atomic E-state index is 14.9. The van der Waals surface area contributed by atoms with Crippen LogP contribution in [0.3, 0.4) is 0 Å². The Bertz CT molecular complexity index is 2020. The summed E-state index contributed by atoms with van der Waals surface area (Å²) < 4.78 is 78.8. The van der Waals surface area contributed by atoms with Gasteiger partial charge in [0.15, 0.2) is 17.1 Å². The van der Waals surface area contributed by atoms with Crippen molar-refractivity contribution >= 4 is 22.8 Å². The zero-order valence-electron chi connectivity index (χ0n) is 26.3. The molecule has 2 atom stereocenters. The molecule has 0 amide bonds. The summed E-state index contributed by atoms with van der Waals surface area (Å²) in [5.74, 6) is -0.935. The number of rotatable bonds is 7. The normalized spacial score (nSPS) is 21.6. The minimum absolute atomic E-state index is 0.197. The van der Waals surface area contributed by atoms with E-state index >= 15 is 0 Å². The molecule has 0 aliphatic carbocycles. The minimum atomic E-state index is -4.74. The van der Waals surface area contributed by atoms with Gasteiger partial charge < -0.3 is 23.3 Å². The first-order chi connectivity index (χ1) is 23.5. The summed E-state index contributed by atoms with van der Waals surface area (Å²) in [6.45, 7) is 5.84. The fourth-order valence-corrected chi connectivity index (χ4v) is 7.13. The van der Waals surface area contributed by atoms with E-state index in [9.17, 15) is 17.6 Å². The number of nitrogens with zero attached hydrogens (tertiary/aromatic N) is 6. The number of para-hydroxylation sites is 1. The molecule has 0 N–H and O–H groups in total. The van der Waals surface area contributed by atoms with E-state index in [0.29, 0.717) is 59.9 Å². The van der Waals surface area contributed by atoms with Crippen LogP contribution in [0.1, 0.15) is 54.9 Å². The molecule has 15 heteroatoms. The third-order valence-corrected chi connectivity index (χ3v) is 9.71. The molecule has 10 nitrogen and oxygen atoms in total. The van der Waals surface area contributed by atoms with E-state index in [-0.39, 0.29) is 22.9 Å². The highest BCUT2D eigenvalue weighted by molar-refractivity contribution is 6.30. The third kappa shape index (κ3) is 6.10. The Morgan fingerprint density at radius 3 is 2.61 bits per heavy atom. The molecule has 49 heavy (non-hydrogen) atoms. The van der Waals surface area contributed by atoms with Crippen LogP contribution in [0.25, 0.3) is 22.6 Å². The number of aromatic nitrogens is 5. The van der Waals surface area contributed by atoms with E-state index < -0.39 is 23.7 Å². The number of halogens is 5. The van der Waals surface area contributed by atoms with Crippen molar-refractivity contribution in [3.63, 3.8) is 0 Å². The summed E-state index contributed by atoms with van der Waals surface area (Å²) in [6, 6.07) is 11.9. The van der Waals surface area contributed by atoms with E-state index in [1.54, 1.807) is 25.1 Å². The van der Waals surface area contributed by atoms with Crippen LogP contribution < -0.4 is 9.47 Å². The van der Waals surface area contributed by atoms with Gasteiger partial charge in [-0.3, -0.25) is 4.90 Å². The van der Waals surface area contributed by atoms with Crippen molar-refractivity contribution in [2.24, 2.45) is 5.92 Å². The summed E-state index contributed by atoms with van der Waals surface area (Å²) in [7, 11) is 0. The van der Waals surface area contributed by atoms with Gasteiger partial charge in [0, 0.05) is 48.3 Å². The lowest BCUT2D eigenvalue weighted by Crippen LogP contribution is -2.34. The first-order valence-corrected chi connectivity index (χ1v) is 16.4. The van der Waals surface area contributed by atoms with Crippen molar-refractivity contribution in [1.82, 2.24) is 29.6 Å². The first kappa shape index (κ1) is 32.0. The number of pyridine rings is 1. The summed E-state index contributed by atoms with van der Waals surface area (Å²) in [5, 5.41) is 3.80. The topological polar surface area (TPSA) is 101 Å². The van der Waals surface area contributed by atoms with E-state index in [1.165, 1.54) is 12.3 Å². The maximum Gasteiger partial charge on any atom is 0.471 e. The summed E-state index contributed by atoms with van der Waals surface area (Å²) in [4.78, 5) is 15.3. The lowest BCUT2D eigenvalue weighted by Gasteiger charge is -2.32. The molecule has 8 rings (SSSR count). The SMILES string of the molecule is CC1(c2ccc(Cl)cc2F)Oc2cccc(C3CCN(Cc4nc5cc(-c6noc(C(F)(F)F)n6)cnc5n4C[C@H]4CCOC4)CC3)c2O1. The number of hydrogen-bond donors (Lipinski definition) is 0. The van der Waals surface area contributed by atoms with Crippen molar-refractivity contribution in [2.45, 2.75) is 57.2 Å². The van der Waals surface area contributed by atoms with Crippen molar-refractivity contribution in [1.29, 1.82) is 0 Å². The number of likely N-dealkylation sites (tertiary alicyclic amines) is 1. The molecule has 0 radical (unpaired) electrons. The van der Waals surface area contributed by atoms with Gasteiger partial charge >= 0.3 is 12.1 Å². The predicted octanol–water partition coefficient (Wildman–Crippen LogP) is 7.35. The molecule has 3 aromatic heterocycles. The molecular formula is C34H31ClF4N6O4. The lowest BCUT2D eigenvalue weighted by atomic mass is 9.88. The van der Waals surface area contributed by atoms with Crippen molar-refractivity contribution in [2.75, 3.05) is 26.3 Å². The number of alkyl halides is 3. The highest BCUT2D eigenvalue weighted by atomic mass is 35.5. The zero-order valence-corrected chi connectivity index (χ0v) is 27.1. The van der Waals surface area contributed by atoms with Crippen LogP contribution in [0.15, 0.2) is 53.2 Å². The fraction of sp³-hybridized carbons (Fsp3) is 0.412. The second-order valence-corrected chi connectivity index (χ2v) is 13.3. The molecule has 0 saturated carbocycles. The number of ether oxygens (including phenoxy) is 3. The number of imidazole rings is 1. The average Bonchev–Trinajstić information content (AvgIpc) is 3.88. The van der Waals surface area contributed by atoms with Gasteiger partial charge in [0.1, 0.15) is 17.2 Å². The third-order valence-electron chi connectivity index (χ3n) is 9.48. The fourth-order valence-electron chi connectivity index (χ4n) is 6.97. The molecule has 256 valence electrons. The van der Waals surface area contributed by atoms with Gasteiger partial charge in [-0.15, -0.1) is 0 Å². The number of hydrogen-bond acceptors (Lipinski definition) is 9. The van der Waals surface area contributed by atoms with Crippen molar-refractivity contribution < 1.29 is 36.3 Å². The molecule has 0 spiro atoms. The van der Waals surface area contributed by atoms with Crippen LogP contribution in [0, 0.1) is 11.7 Å². The van der Waals surface area contributed by atoms with E-state index in [1.807, 2.05) is 18.2 Å². The molecule has 6 heterocycles. The molecule has 2 aromatic carbocycles. The average molecular weight is 699 g/mol. The molecule has 3 aliphatic rings. The molecule has 2 saturated heterocycles.